The maximum absolute atomic E-state index is 13.3. The van der Waals surface area contributed by atoms with Crippen LogP contribution in [0.3, 0.4) is 0 Å². The van der Waals surface area contributed by atoms with Crippen molar-refractivity contribution in [1.82, 2.24) is 4.98 Å². The van der Waals surface area contributed by atoms with Crippen molar-refractivity contribution in [2.24, 2.45) is 11.3 Å². The molecule has 0 radical (unpaired) electrons. The van der Waals surface area contributed by atoms with Crippen LogP contribution in [0.1, 0.15) is 34.1 Å². The Balaban J connectivity index is 1.72. The van der Waals surface area contributed by atoms with Gasteiger partial charge < -0.3 is 9.64 Å². The van der Waals surface area contributed by atoms with E-state index in [-0.39, 0.29) is 17.4 Å². The number of anilines is 2. The van der Waals surface area contributed by atoms with Gasteiger partial charge in [-0.05, 0) is 56.5 Å². The van der Waals surface area contributed by atoms with Crippen LogP contribution < -0.4 is 14.4 Å². The van der Waals surface area contributed by atoms with Crippen LogP contribution in [0.5, 0.6) is 5.75 Å². The summed E-state index contributed by atoms with van der Waals surface area (Å²) in [5.41, 5.74) is 0.639. The maximum atomic E-state index is 13.3. The van der Waals surface area contributed by atoms with Crippen LogP contribution in [0.2, 0.25) is 0 Å². The van der Waals surface area contributed by atoms with Gasteiger partial charge in [0.1, 0.15) is 17.3 Å². The number of nitrogens with zero attached hydrogens (tertiary/aromatic N) is 2. The fourth-order valence-corrected chi connectivity index (χ4v) is 5.05. The number of sulfonamides is 1. The molecule has 0 fully saturated rings. The molecule has 1 aliphatic heterocycles. The molecule has 174 valence electrons. The van der Waals surface area contributed by atoms with Crippen LogP contribution in [0, 0.1) is 11.3 Å². The van der Waals surface area contributed by atoms with E-state index in [4.69, 9.17) is 4.74 Å². The number of fused-ring (bicyclic) bond motifs is 2. The molecule has 1 amide bonds. The summed E-state index contributed by atoms with van der Waals surface area (Å²) >= 11 is 0. The second kappa shape index (κ2) is 8.67. The van der Waals surface area contributed by atoms with Crippen molar-refractivity contribution < 1.29 is 17.9 Å². The average molecular weight is 468 g/mol. The highest BCUT2D eigenvalue weighted by atomic mass is 32.2. The monoisotopic (exact) mass is 467 g/mol. The predicted octanol–water partition coefficient (Wildman–Crippen LogP) is 4.83. The minimum Gasteiger partial charge on any atom is -0.490 e. The van der Waals surface area contributed by atoms with Crippen molar-refractivity contribution in [3.63, 3.8) is 0 Å². The van der Waals surface area contributed by atoms with Gasteiger partial charge in [0.05, 0.1) is 22.3 Å². The summed E-state index contributed by atoms with van der Waals surface area (Å²) in [6, 6.07) is 13.7. The molecule has 0 atom stereocenters. The van der Waals surface area contributed by atoms with Gasteiger partial charge in [0.25, 0.3) is 10.0 Å². The molecule has 2 heterocycles. The molecule has 0 unspecified atom stereocenters. The Kier molecular flexibility index (Phi) is 6.05. The summed E-state index contributed by atoms with van der Waals surface area (Å²) < 4.78 is 35.1. The van der Waals surface area contributed by atoms with Gasteiger partial charge in [-0.25, -0.2) is 8.42 Å². The molecule has 8 heteroatoms. The van der Waals surface area contributed by atoms with Crippen LogP contribution in [0.25, 0.3) is 10.9 Å². The third kappa shape index (κ3) is 4.66. The number of para-hydroxylation sites is 1. The first-order valence-electron chi connectivity index (χ1n) is 11.0. The molecule has 0 spiro atoms. The highest BCUT2D eigenvalue weighted by Gasteiger charge is 2.38. The third-order valence-electron chi connectivity index (χ3n) is 5.73. The van der Waals surface area contributed by atoms with Gasteiger partial charge in [-0.1, -0.05) is 32.0 Å². The second-order valence-corrected chi connectivity index (χ2v) is 11.1. The van der Waals surface area contributed by atoms with Gasteiger partial charge in [0.2, 0.25) is 5.91 Å². The molecule has 33 heavy (non-hydrogen) atoms. The van der Waals surface area contributed by atoms with Crippen LogP contribution in [-0.2, 0) is 14.8 Å². The fraction of sp³-hybridized carbons (Fsp3) is 0.360. The highest BCUT2D eigenvalue weighted by Crippen LogP contribution is 2.39. The number of pyridine rings is 1. The first-order valence-corrected chi connectivity index (χ1v) is 12.5. The van der Waals surface area contributed by atoms with Crippen molar-refractivity contribution in [3.05, 3.63) is 54.7 Å². The number of benzene rings is 2. The van der Waals surface area contributed by atoms with Crippen molar-refractivity contribution in [1.29, 1.82) is 0 Å². The highest BCUT2D eigenvalue weighted by molar-refractivity contribution is 7.93. The summed E-state index contributed by atoms with van der Waals surface area (Å²) in [7, 11) is -3.91. The van der Waals surface area contributed by atoms with E-state index in [1.807, 2.05) is 26.0 Å². The van der Waals surface area contributed by atoms with Crippen molar-refractivity contribution >= 4 is 38.2 Å². The van der Waals surface area contributed by atoms with Crippen LogP contribution in [0.4, 0.5) is 11.4 Å². The quantitative estimate of drug-likeness (QED) is 0.561. The Morgan fingerprint density at radius 3 is 2.67 bits per heavy atom. The van der Waals surface area contributed by atoms with Crippen LogP contribution in [-0.4, -0.2) is 32.5 Å². The molecule has 1 aliphatic rings. The lowest BCUT2D eigenvalue weighted by Gasteiger charge is -2.28. The van der Waals surface area contributed by atoms with E-state index in [0.717, 1.165) is 11.8 Å². The Labute approximate surface area is 194 Å². The standard InChI is InChI=1S/C25H29N3O4S/c1-17(2)12-14-28-20-15-19(10-11-21(20)32-16-25(3,4)24(28)29)27-33(30,31)22-9-5-7-18-8-6-13-26-23(18)22/h5-11,13,15,17,27H,12,14,16H2,1-4H3. The number of rotatable bonds is 6. The van der Waals surface area contributed by atoms with E-state index in [2.05, 4.69) is 23.6 Å². The van der Waals surface area contributed by atoms with Crippen molar-refractivity contribution in [3.8, 4) is 5.75 Å². The minimum atomic E-state index is -3.91. The second-order valence-electron chi connectivity index (χ2n) is 9.43. The predicted molar refractivity (Wildman–Crippen MR) is 130 cm³/mol. The summed E-state index contributed by atoms with van der Waals surface area (Å²) in [5.74, 6) is 0.932. The molecular weight excluding hydrogens is 438 g/mol. The number of ether oxygens (including phenoxy) is 1. The molecule has 1 aromatic heterocycles. The normalized spacial score (nSPS) is 15.8. The zero-order valence-electron chi connectivity index (χ0n) is 19.3. The smallest absolute Gasteiger partial charge is 0.264 e. The van der Waals surface area contributed by atoms with Crippen LogP contribution in [0.15, 0.2) is 59.6 Å². The van der Waals surface area contributed by atoms with Gasteiger partial charge in [-0.3, -0.25) is 14.5 Å². The maximum Gasteiger partial charge on any atom is 0.264 e. The lowest BCUT2D eigenvalue weighted by molar-refractivity contribution is -0.127. The molecule has 0 aliphatic carbocycles. The van der Waals surface area contributed by atoms with E-state index < -0.39 is 15.4 Å². The summed E-state index contributed by atoms with van der Waals surface area (Å²) in [5, 5.41) is 0.739. The Bertz CT molecular complexity index is 1300. The summed E-state index contributed by atoms with van der Waals surface area (Å²) in [4.78, 5) is 19.4. The number of carbonyl (C=O) groups excluding carboxylic acids is 1. The van der Waals surface area contributed by atoms with E-state index >= 15 is 0 Å². The number of hydrogen-bond acceptors (Lipinski definition) is 5. The molecule has 0 saturated carbocycles. The van der Waals surface area contributed by atoms with Gasteiger partial charge in [-0.2, -0.15) is 0 Å². The van der Waals surface area contributed by atoms with E-state index in [0.29, 0.717) is 35.1 Å². The Hall–Kier alpha value is -3.13. The first kappa shape index (κ1) is 23.0. The zero-order valence-corrected chi connectivity index (χ0v) is 20.1. The van der Waals surface area contributed by atoms with E-state index in [1.165, 1.54) is 6.07 Å². The molecule has 0 bridgehead atoms. The van der Waals surface area contributed by atoms with Gasteiger partial charge in [0, 0.05) is 18.1 Å². The molecule has 7 nitrogen and oxygen atoms in total. The molecule has 3 aromatic rings. The third-order valence-corrected chi connectivity index (χ3v) is 7.14. The summed E-state index contributed by atoms with van der Waals surface area (Å²) in [6.07, 6.45) is 2.39. The van der Waals surface area contributed by atoms with Crippen molar-refractivity contribution in [2.75, 3.05) is 22.8 Å². The molecule has 0 saturated heterocycles. The SMILES string of the molecule is CC(C)CCN1C(=O)C(C)(C)COc2ccc(NS(=O)(=O)c3cccc4cccnc34)cc21. The topological polar surface area (TPSA) is 88.6 Å². The number of amides is 1. The summed E-state index contributed by atoms with van der Waals surface area (Å²) in [6.45, 7) is 8.71. The lowest BCUT2D eigenvalue weighted by atomic mass is 9.92. The largest absolute Gasteiger partial charge is 0.490 e. The van der Waals surface area contributed by atoms with E-state index in [1.54, 1.807) is 41.4 Å². The molecule has 4 rings (SSSR count). The molecular formula is C25H29N3O4S. The Morgan fingerprint density at radius 1 is 1.15 bits per heavy atom. The number of carbonyl (C=O) groups is 1. The van der Waals surface area contributed by atoms with E-state index in [9.17, 15) is 13.2 Å². The number of hydrogen-bond donors (Lipinski definition) is 1. The minimum absolute atomic E-state index is 0.0415. The van der Waals surface area contributed by atoms with Gasteiger partial charge >= 0.3 is 0 Å². The first-order chi connectivity index (χ1) is 15.6. The van der Waals surface area contributed by atoms with Gasteiger partial charge in [0.15, 0.2) is 0 Å². The average Bonchev–Trinajstić information content (AvgIpc) is 2.86. The Morgan fingerprint density at radius 2 is 1.91 bits per heavy atom. The number of aromatic nitrogens is 1. The zero-order chi connectivity index (χ0) is 23.8. The van der Waals surface area contributed by atoms with Gasteiger partial charge in [-0.15, -0.1) is 0 Å². The molecule has 2 aromatic carbocycles. The lowest BCUT2D eigenvalue weighted by Crippen LogP contribution is -2.42. The number of nitrogens with one attached hydrogen (secondary N) is 1. The molecule has 1 N–H and O–H groups in total. The van der Waals surface area contributed by atoms with Crippen LogP contribution >= 0.6 is 0 Å². The van der Waals surface area contributed by atoms with Crippen molar-refractivity contribution in [2.45, 2.75) is 39.0 Å². The fourth-order valence-electron chi connectivity index (χ4n) is 3.82.